The lowest BCUT2D eigenvalue weighted by atomic mass is 10.2. The molecule has 6 nitrogen and oxygen atoms in total. The van der Waals surface area contributed by atoms with Gasteiger partial charge in [-0.05, 0) is 34.5 Å². The zero-order valence-electron chi connectivity index (χ0n) is 16.2. The quantitative estimate of drug-likeness (QED) is 0.496. The predicted octanol–water partition coefficient (Wildman–Crippen LogP) is 2.89. The molecule has 1 aromatic heterocycles. The van der Waals surface area contributed by atoms with Crippen molar-refractivity contribution in [3.63, 3.8) is 0 Å². The summed E-state index contributed by atoms with van der Waals surface area (Å²) < 4.78 is 3.15. The van der Waals surface area contributed by atoms with Gasteiger partial charge >= 0.3 is 0 Å². The Morgan fingerprint density at radius 2 is 2.00 bits per heavy atom. The van der Waals surface area contributed by atoms with Crippen molar-refractivity contribution in [2.75, 3.05) is 20.1 Å². The average molecular weight is 434 g/mol. The SMILES string of the molecule is CCNC(=NCCC(=O)NCc1ccccc1)N(C)Cc1cc(Br)cn1C. The van der Waals surface area contributed by atoms with Gasteiger partial charge in [0.1, 0.15) is 0 Å². The van der Waals surface area contributed by atoms with Crippen LogP contribution in [0.2, 0.25) is 0 Å². The Bertz CT molecular complexity index is 757. The van der Waals surface area contributed by atoms with Gasteiger partial charge in [-0.3, -0.25) is 9.79 Å². The fourth-order valence-electron chi connectivity index (χ4n) is 2.66. The molecule has 2 aromatic rings. The number of benzene rings is 1. The Morgan fingerprint density at radius 3 is 2.63 bits per heavy atom. The van der Waals surface area contributed by atoms with E-state index in [0.717, 1.165) is 29.1 Å². The molecule has 0 unspecified atom stereocenters. The van der Waals surface area contributed by atoms with Gasteiger partial charge in [0.05, 0.1) is 13.1 Å². The maximum absolute atomic E-state index is 12.0. The molecule has 27 heavy (non-hydrogen) atoms. The molecular formula is C20H28BrN5O. The molecule has 1 amide bonds. The number of hydrogen-bond donors (Lipinski definition) is 2. The lowest BCUT2D eigenvalue weighted by Gasteiger charge is -2.22. The number of carbonyl (C=O) groups is 1. The number of nitrogens with one attached hydrogen (secondary N) is 2. The lowest BCUT2D eigenvalue weighted by molar-refractivity contribution is -0.121. The molecule has 0 aliphatic heterocycles. The summed E-state index contributed by atoms with van der Waals surface area (Å²) in [7, 11) is 4.02. The van der Waals surface area contributed by atoms with E-state index in [-0.39, 0.29) is 5.91 Å². The second-order valence-electron chi connectivity index (χ2n) is 6.36. The summed E-state index contributed by atoms with van der Waals surface area (Å²) in [6.45, 7) is 4.54. The van der Waals surface area contributed by atoms with E-state index in [1.165, 1.54) is 5.69 Å². The van der Waals surface area contributed by atoms with Gasteiger partial charge in [-0.2, -0.15) is 0 Å². The van der Waals surface area contributed by atoms with Crippen LogP contribution in [0.3, 0.4) is 0 Å². The standard InChI is InChI=1S/C20H28BrN5O/c1-4-22-20(26(3)15-18-12-17(21)14-25(18)2)23-11-10-19(27)24-13-16-8-6-5-7-9-16/h5-9,12,14H,4,10-11,13,15H2,1-3H3,(H,22,23)(H,24,27). The maximum atomic E-state index is 12.0. The predicted molar refractivity (Wildman–Crippen MR) is 113 cm³/mol. The van der Waals surface area contributed by atoms with Gasteiger partial charge in [0.25, 0.3) is 0 Å². The van der Waals surface area contributed by atoms with E-state index < -0.39 is 0 Å². The molecule has 2 rings (SSSR count). The van der Waals surface area contributed by atoms with Crippen molar-refractivity contribution in [3.05, 3.63) is 58.3 Å². The number of nitrogens with zero attached hydrogens (tertiary/aromatic N) is 3. The minimum atomic E-state index is 0.00692. The Kier molecular flexibility index (Phi) is 8.39. The number of aryl methyl sites for hydroxylation is 1. The van der Waals surface area contributed by atoms with Gasteiger partial charge < -0.3 is 20.1 Å². The highest BCUT2D eigenvalue weighted by atomic mass is 79.9. The highest BCUT2D eigenvalue weighted by Gasteiger charge is 2.10. The topological polar surface area (TPSA) is 61.7 Å². The van der Waals surface area contributed by atoms with Crippen molar-refractivity contribution in [2.45, 2.75) is 26.4 Å². The van der Waals surface area contributed by atoms with Gasteiger partial charge in [0.15, 0.2) is 5.96 Å². The fourth-order valence-corrected chi connectivity index (χ4v) is 3.23. The number of rotatable bonds is 8. The third-order valence-corrected chi connectivity index (χ3v) is 4.54. The van der Waals surface area contributed by atoms with Crippen molar-refractivity contribution < 1.29 is 4.79 Å². The van der Waals surface area contributed by atoms with Crippen LogP contribution >= 0.6 is 15.9 Å². The molecule has 1 heterocycles. The smallest absolute Gasteiger partial charge is 0.222 e. The number of amides is 1. The minimum absolute atomic E-state index is 0.00692. The Balaban J connectivity index is 1.84. The highest BCUT2D eigenvalue weighted by molar-refractivity contribution is 9.10. The molecule has 1 aromatic carbocycles. The third kappa shape index (κ3) is 7.09. The summed E-state index contributed by atoms with van der Waals surface area (Å²) in [6, 6.07) is 12.0. The van der Waals surface area contributed by atoms with Crippen LogP contribution in [-0.4, -0.2) is 41.5 Å². The van der Waals surface area contributed by atoms with Gasteiger partial charge in [0, 0.05) is 50.0 Å². The van der Waals surface area contributed by atoms with Gasteiger partial charge in [-0.1, -0.05) is 30.3 Å². The summed E-state index contributed by atoms with van der Waals surface area (Å²) >= 11 is 3.50. The first-order valence-corrected chi connectivity index (χ1v) is 9.89. The number of guanidine groups is 1. The van der Waals surface area contributed by atoms with Crippen LogP contribution in [0.4, 0.5) is 0 Å². The van der Waals surface area contributed by atoms with Crippen molar-refractivity contribution in [1.29, 1.82) is 0 Å². The lowest BCUT2D eigenvalue weighted by Crippen LogP contribution is -2.39. The Labute approximate surface area is 169 Å². The number of halogens is 1. The molecule has 0 saturated heterocycles. The van der Waals surface area contributed by atoms with E-state index in [4.69, 9.17) is 0 Å². The van der Waals surface area contributed by atoms with Gasteiger partial charge in [-0.25, -0.2) is 0 Å². The molecule has 0 bridgehead atoms. The average Bonchev–Trinajstić information content (AvgIpc) is 2.97. The Morgan fingerprint density at radius 1 is 1.26 bits per heavy atom. The van der Waals surface area contributed by atoms with E-state index in [9.17, 15) is 4.79 Å². The molecular weight excluding hydrogens is 406 g/mol. The zero-order chi connectivity index (χ0) is 19.6. The molecule has 0 atom stereocenters. The zero-order valence-corrected chi connectivity index (χ0v) is 17.8. The van der Waals surface area contributed by atoms with Gasteiger partial charge in [-0.15, -0.1) is 0 Å². The molecule has 7 heteroatoms. The second-order valence-corrected chi connectivity index (χ2v) is 7.28. The monoisotopic (exact) mass is 433 g/mol. The summed E-state index contributed by atoms with van der Waals surface area (Å²) in [6.07, 6.45) is 2.40. The van der Waals surface area contributed by atoms with Crippen molar-refractivity contribution in [1.82, 2.24) is 20.1 Å². The van der Waals surface area contributed by atoms with Crippen LogP contribution in [-0.2, 0) is 24.9 Å². The number of hydrogen-bond acceptors (Lipinski definition) is 2. The van der Waals surface area contributed by atoms with E-state index in [2.05, 4.69) is 47.1 Å². The summed E-state index contributed by atoms with van der Waals surface area (Å²) in [5.74, 6) is 0.804. The van der Waals surface area contributed by atoms with E-state index >= 15 is 0 Å². The normalized spacial score (nSPS) is 11.3. The molecule has 0 fully saturated rings. The minimum Gasteiger partial charge on any atom is -0.357 e. The summed E-state index contributed by atoms with van der Waals surface area (Å²) in [5, 5.41) is 6.22. The Hall–Kier alpha value is -2.28. The number of carbonyl (C=O) groups excluding carboxylic acids is 1. The van der Waals surface area contributed by atoms with Gasteiger partial charge in [0.2, 0.25) is 5.91 Å². The first-order chi connectivity index (χ1) is 13.0. The fraction of sp³-hybridized carbons (Fsp3) is 0.400. The molecule has 0 saturated carbocycles. The molecule has 0 radical (unpaired) electrons. The van der Waals surface area contributed by atoms with Crippen LogP contribution in [0.15, 0.2) is 52.1 Å². The molecule has 146 valence electrons. The third-order valence-electron chi connectivity index (χ3n) is 4.10. The summed E-state index contributed by atoms with van der Waals surface area (Å²) in [4.78, 5) is 18.7. The highest BCUT2D eigenvalue weighted by Crippen LogP contribution is 2.15. The molecule has 2 N–H and O–H groups in total. The second kappa shape index (κ2) is 10.8. The molecule has 0 aliphatic rings. The first kappa shape index (κ1) is 21.0. The van der Waals surface area contributed by atoms with E-state index in [1.807, 2.05) is 57.5 Å². The van der Waals surface area contributed by atoms with Crippen molar-refractivity contribution in [3.8, 4) is 0 Å². The molecule has 0 spiro atoms. The summed E-state index contributed by atoms with van der Waals surface area (Å²) in [5.41, 5.74) is 2.27. The maximum Gasteiger partial charge on any atom is 0.222 e. The van der Waals surface area contributed by atoms with E-state index in [1.54, 1.807) is 0 Å². The molecule has 0 aliphatic carbocycles. The van der Waals surface area contributed by atoms with Crippen molar-refractivity contribution >= 4 is 27.8 Å². The van der Waals surface area contributed by atoms with Crippen LogP contribution < -0.4 is 10.6 Å². The van der Waals surface area contributed by atoms with Crippen LogP contribution in [0.1, 0.15) is 24.6 Å². The number of aliphatic imine (C=N–C) groups is 1. The van der Waals surface area contributed by atoms with Crippen LogP contribution in [0.25, 0.3) is 0 Å². The largest absolute Gasteiger partial charge is 0.357 e. The van der Waals surface area contributed by atoms with Crippen LogP contribution in [0, 0.1) is 0 Å². The van der Waals surface area contributed by atoms with Crippen LogP contribution in [0.5, 0.6) is 0 Å². The first-order valence-electron chi connectivity index (χ1n) is 9.10. The van der Waals surface area contributed by atoms with Crippen molar-refractivity contribution in [2.24, 2.45) is 12.0 Å². The number of aromatic nitrogens is 1. The van der Waals surface area contributed by atoms with E-state index in [0.29, 0.717) is 19.5 Å².